The van der Waals surface area contributed by atoms with Crippen molar-refractivity contribution >= 4 is 5.69 Å². The van der Waals surface area contributed by atoms with Gasteiger partial charge >= 0.3 is 0 Å². The summed E-state index contributed by atoms with van der Waals surface area (Å²) in [7, 11) is 0. The largest absolute Gasteiger partial charge is 0.387 e. The molecule has 1 aromatic carbocycles. The van der Waals surface area contributed by atoms with Crippen LogP contribution in [0.3, 0.4) is 0 Å². The fourth-order valence-electron chi connectivity index (χ4n) is 3.77. The predicted octanol–water partition coefficient (Wildman–Crippen LogP) is 3.21. The van der Waals surface area contributed by atoms with Crippen molar-refractivity contribution < 1.29 is 5.11 Å². The topological polar surface area (TPSA) is 32.3 Å². The highest BCUT2D eigenvalue weighted by Crippen LogP contribution is 2.43. The molecule has 2 aliphatic rings. The van der Waals surface area contributed by atoms with Crippen LogP contribution >= 0.6 is 0 Å². The van der Waals surface area contributed by atoms with Gasteiger partial charge < -0.3 is 10.4 Å². The van der Waals surface area contributed by atoms with E-state index in [9.17, 15) is 5.11 Å². The van der Waals surface area contributed by atoms with Gasteiger partial charge in [-0.2, -0.15) is 0 Å². The number of rotatable bonds is 1. The molecule has 0 spiro atoms. The summed E-state index contributed by atoms with van der Waals surface area (Å²) in [5.74, 6) is 0.993. The minimum Gasteiger partial charge on any atom is -0.387 e. The van der Waals surface area contributed by atoms with E-state index >= 15 is 0 Å². The second-order valence-corrected chi connectivity index (χ2v) is 6.21. The molecule has 98 valence electrons. The Hall–Kier alpha value is -1.02. The molecule has 1 heterocycles. The van der Waals surface area contributed by atoms with Crippen LogP contribution in [0.15, 0.2) is 24.3 Å². The number of aliphatic hydroxyl groups is 1. The molecule has 0 bridgehead atoms. The highest BCUT2D eigenvalue weighted by molar-refractivity contribution is 5.57. The Labute approximate surface area is 109 Å². The molecule has 18 heavy (non-hydrogen) atoms. The third kappa shape index (κ3) is 1.74. The lowest BCUT2D eigenvalue weighted by atomic mass is 9.67. The Balaban J connectivity index is 1.84. The molecule has 4 unspecified atom stereocenters. The highest BCUT2D eigenvalue weighted by atomic mass is 16.3. The van der Waals surface area contributed by atoms with Gasteiger partial charge in [0.05, 0.1) is 11.6 Å². The van der Waals surface area contributed by atoms with Crippen LogP contribution in [0.2, 0.25) is 0 Å². The lowest BCUT2D eigenvalue weighted by Crippen LogP contribution is -2.54. The number of fused-ring (bicyclic) bond motifs is 1. The molecule has 1 aliphatic carbocycles. The zero-order valence-electron chi connectivity index (χ0n) is 11.3. The van der Waals surface area contributed by atoms with E-state index in [0.717, 1.165) is 19.3 Å². The van der Waals surface area contributed by atoms with E-state index in [4.69, 9.17) is 0 Å². The summed E-state index contributed by atoms with van der Waals surface area (Å²) in [6, 6.07) is 8.62. The van der Waals surface area contributed by atoms with E-state index < -0.39 is 5.60 Å². The first-order valence-corrected chi connectivity index (χ1v) is 7.18. The molecule has 1 saturated carbocycles. The van der Waals surface area contributed by atoms with Gasteiger partial charge in [-0.15, -0.1) is 0 Å². The van der Waals surface area contributed by atoms with Crippen LogP contribution in [-0.2, 0) is 6.42 Å². The number of hydrogen-bond donors (Lipinski definition) is 2. The van der Waals surface area contributed by atoms with E-state index in [1.807, 2.05) is 0 Å². The van der Waals surface area contributed by atoms with Crippen molar-refractivity contribution in [2.24, 2.45) is 11.8 Å². The second-order valence-electron chi connectivity index (χ2n) is 6.21. The molecule has 1 fully saturated rings. The van der Waals surface area contributed by atoms with Crippen molar-refractivity contribution in [1.29, 1.82) is 0 Å². The SMILES string of the molecule is CC1CCCC(O)(C2Cc3ccccc3N2)C1C. The Kier molecular flexibility index (Phi) is 2.86. The van der Waals surface area contributed by atoms with Gasteiger partial charge in [-0.1, -0.05) is 44.9 Å². The average Bonchev–Trinajstić information content (AvgIpc) is 2.80. The Morgan fingerprint density at radius 3 is 2.83 bits per heavy atom. The summed E-state index contributed by atoms with van der Waals surface area (Å²) in [6.07, 6.45) is 4.30. The molecule has 1 aliphatic heterocycles. The van der Waals surface area contributed by atoms with Crippen molar-refractivity contribution in [3.63, 3.8) is 0 Å². The number of nitrogens with one attached hydrogen (secondary N) is 1. The molecular weight excluding hydrogens is 222 g/mol. The first-order chi connectivity index (χ1) is 8.61. The lowest BCUT2D eigenvalue weighted by molar-refractivity contribution is -0.0750. The van der Waals surface area contributed by atoms with Crippen LogP contribution in [0.1, 0.15) is 38.7 Å². The first kappa shape index (κ1) is 12.0. The van der Waals surface area contributed by atoms with Crippen LogP contribution in [0, 0.1) is 11.8 Å². The van der Waals surface area contributed by atoms with Crippen molar-refractivity contribution in [3.8, 4) is 0 Å². The van der Waals surface area contributed by atoms with Crippen LogP contribution in [0.4, 0.5) is 5.69 Å². The smallest absolute Gasteiger partial charge is 0.0878 e. The van der Waals surface area contributed by atoms with E-state index in [1.54, 1.807) is 0 Å². The maximum absolute atomic E-state index is 11.1. The third-order valence-corrected chi connectivity index (χ3v) is 5.25. The molecular formula is C16H23NO. The predicted molar refractivity (Wildman–Crippen MR) is 74.7 cm³/mol. The standard InChI is InChI=1S/C16H23NO/c1-11-6-5-9-16(18,12(11)2)15-10-13-7-3-4-8-14(13)17-15/h3-4,7-8,11-12,15,17-18H,5-6,9-10H2,1-2H3. The minimum absolute atomic E-state index is 0.188. The summed E-state index contributed by atoms with van der Waals surface area (Å²) in [5.41, 5.74) is 2.01. The Morgan fingerprint density at radius 1 is 1.28 bits per heavy atom. The van der Waals surface area contributed by atoms with Gasteiger partial charge in [0.25, 0.3) is 0 Å². The quantitative estimate of drug-likeness (QED) is 0.796. The molecule has 4 atom stereocenters. The third-order valence-electron chi connectivity index (χ3n) is 5.25. The summed E-state index contributed by atoms with van der Waals surface area (Å²) in [4.78, 5) is 0. The molecule has 0 saturated heterocycles. The van der Waals surface area contributed by atoms with Crippen molar-refractivity contribution in [3.05, 3.63) is 29.8 Å². The summed E-state index contributed by atoms with van der Waals surface area (Å²) in [5, 5.41) is 14.7. The number of para-hydroxylation sites is 1. The monoisotopic (exact) mass is 245 g/mol. The molecule has 2 heteroatoms. The normalized spacial score (nSPS) is 39.2. The van der Waals surface area contributed by atoms with Crippen LogP contribution < -0.4 is 5.32 Å². The average molecular weight is 245 g/mol. The Morgan fingerprint density at radius 2 is 2.06 bits per heavy atom. The number of hydrogen-bond acceptors (Lipinski definition) is 2. The number of anilines is 1. The maximum Gasteiger partial charge on any atom is 0.0878 e. The zero-order valence-corrected chi connectivity index (χ0v) is 11.3. The van der Waals surface area contributed by atoms with E-state index in [0.29, 0.717) is 11.8 Å². The van der Waals surface area contributed by atoms with Gasteiger partial charge in [0.2, 0.25) is 0 Å². The van der Waals surface area contributed by atoms with Gasteiger partial charge in [0.15, 0.2) is 0 Å². The molecule has 0 radical (unpaired) electrons. The van der Waals surface area contributed by atoms with E-state index in [2.05, 4.69) is 43.4 Å². The minimum atomic E-state index is -0.545. The van der Waals surface area contributed by atoms with Crippen molar-refractivity contribution in [1.82, 2.24) is 0 Å². The summed E-state index contributed by atoms with van der Waals surface area (Å²) >= 11 is 0. The van der Waals surface area contributed by atoms with E-state index in [-0.39, 0.29) is 6.04 Å². The van der Waals surface area contributed by atoms with Crippen LogP contribution in [0.25, 0.3) is 0 Å². The molecule has 1 aromatic rings. The van der Waals surface area contributed by atoms with Gasteiger partial charge in [-0.25, -0.2) is 0 Å². The van der Waals surface area contributed by atoms with Crippen molar-refractivity contribution in [2.75, 3.05) is 5.32 Å². The van der Waals surface area contributed by atoms with Crippen LogP contribution in [0.5, 0.6) is 0 Å². The highest BCUT2D eigenvalue weighted by Gasteiger charge is 2.47. The molecule has 2 N–H and O–H groups in total. The second kappa shape index (κ2) is 4.27. The molecule has 3 rings (SSSR count). The maximum atomic E-state index is 11.1. The van der Waals surface area contributed by atoms with Gasteiger partial charge in [0, 0.05) is 5.69 Å². The number of benzene rings is 1. The van der Waals surface area contributed by atoms with Crippen LogP contribution in [-0.4, -0.2) is 16.7 Å². The fraction of sp³-hybridized carbons (Fsp3) is 0.625. The van der Waals surface area contributed by atoms with Gasteiger partial charge in [0.1, 0.15) is 0 Å². The van der Waals surface area contributed by atoms with Crippen molar-refractivity contribution in [2.45, 2.75) is 51.2 Å². The zero-order chi connectivity index (χ0) is 12.8. The molecule has 0 amide bonds. The lowest BCUT2D eigenvalue weighted by Gasteiger charge is -2.45. The molecule has 2 nitrogen and oxygen atoms in total. The van der Waals surface area contributed by atoms with E-state index in [1.165, 1.54) is 17.7 Å². The Bertz CT molecular complexity index is 419. The summed E-state index contributed by atoms with van der Waals surface area (Å²) < 4.78 is 0. The fourth-order valence-corrected chi connectivity index (χ4v) is 3.77. The molecule has 0 aromatic heterocycles. The van der Waals surface area contributed by atoms with Gasteiger partial charge in [-0.05, 0) is 36.3 Å². The summed E-state index contributed by atoms with van der Waals surface area (Å²) in [6.45, 7) is 4.49. The first-order valence-electron chi connectivity index (χ1n) is 7.18. The van der Waals surface area contributed by atoms with Gasteiger partial charge in [-0.3, -0.25) is 0 Å².